The number of rotatable bonds is 11. The van der Waals surface area contributed by atoms with Crippen LogP contribution in [-0.4, -0.2) is 66.2 Å². The molecular weight excluding hydrogens is 747 g/mol. The van der Waals surface area contributed by atoms with Gasteiger partial charge in [0, 0.05) is 35.2 Å². The van der Waals surface area contributed by atoms with Crippen molar-refractivity contribution < 1.29 is 18.4 Å². The third-order valence-electron chi connectivity index (χ3n) is 13.9. The number of carbonyl (C=O) groups is 2. The van der Waals surface area contributed by atoms with Gasteiger partial charge in [-0.15, -0.1) is 6.42 Å². The molecule has 3 fully saturated rings. The molecule has 0 radical (unpaired) electrons. The summed E-state index contributed by atoms with van der Waals surface area (Å²) in [6, 6.07) is 8.44. The minimum absolute atomic E-state index is 0.0164. The molecule has 1 saturated heterocycles. The number of halogens is 2. The number of terminal acetylenes is 1. The predicted octanol–water partition coefficient (Wildman–Crippen LogP) is 5.99. The van der Waals surface area contributed by atoms with E-state index < -0.39 is 24.0 Å². The molecule has 9 rings (SSSR count). The van der Waals surface area contributed by atoms with E-state index in [2.05, 4.69) is 39.9 Å². The third kappa shape index (κ3) is 6.61. The van der Waals surface area contributed by atoms with Crippen LogP contribution < -0.4 is 22.2 Å². The van der Waals surface area contributed by atoms with Gasteiger partial charge in [-0.1, -0.05) is 77.0 Å². The van der Waals surface area contributed by atoms with E-state index >= 15 is 8.78 Å². The first-order valence-electron chi connectivity index (χ1n) is 21.2. The van der Waals surface area contributed by atoms with Crippen molar-refractivity contribution in [3.05, 3.63) is 81.6 Å². The zero-order chi connectivity index (χ0) is 41.7. The van der Waals surface area contributed by atoms with Gasteiger partial charge in [-0.2, -0.15) is 8.78 Å². The number of carbonyl (C=O) groups excluding carboxylic acids is 2. The van der Waals surface area contributed by atoms with Gasteiger partial charge < -0.3 is 31.2 Å². The van der Waals surface area contributed by atoms with Gasteiger partial charge in [0.05, 0.1) is 40.7 Å². The molecule has 308 valence electrons. The first-order chi connectivity index (χ1) is 28.1. The fourth-order valence-corrected chi connectivity index (χ4v) is 9.83. The van der Waals surface area contributed by atoms with Crippen molar-refractivity contribution in [2.45, 2.75) is 115 Å². The summed E-state index contributed by atoms with van der Waals surface area (Å²) in [6.07, 6.45) is 17.4. The number of aromatic nitrogens is 4. The van der Waals surface area contributed by atoms with Crippen molar-refractivity contribution in [2.75, 3.05) is 6.54 Å². The van der Waals surface area contributed by atoms with E-state index in [0.717, 1.165) is 54.2 Å². The maximum atomic E-state index is 16.6. The summed E-state index contributed by atoms with van der Waals surface area (Å²) in [5.74, 6) is 0.579. The Bertz CT molecular complexity index is 2510. The molecule has 2 saturated carbocycles. The van der Waals surface area contributed by atoms with Crippen LogP contribution in [0.2, 0.25) is 0 Å². The van der Waals surface area contributed by atoms with Crippen LogP contribution in [0.5, 0.6) is 0 Å². The van der Waals surface area contributed by atoms with Crippen molar-refractivity contribution in [2.24, 2.45) is 34.6 Å². The Balaban J connectivity index is 0.968. The maximum Gasteiger partial charge on any atom is 0.299 e. The van der Waals surface area contributed by atoms with Gasteiger partial charge in [-0.05, 0) is 90.5 Å². The Labute approximate surface area is 343 Å². The standard InChI is InChI=1S/C47H54F2N8O2/c1-7-38(56(23-46(6)16-17-46)44(58)39(50)24(2)3)42-52-22-37(55-42)28-10-14-32-31-13-9-26(19-33(31)47(48,49)34(32)20-28)27-11-15-35-36(21-27)54-43(53-35)41-29-8-12-30(18-29)57(41)45(59)40(51)25(4)5/h1,9-10,13-15,19-22,24-25,27,29-30,38-41H,8,11-12,16-18,23,50-51H2,2-6H3,(H,52,55)(H,53,54)/t27?,29-,30+,38-,39-,40-,41-/m0/s1. The number of H-pyrrole nitrogens is 2. The molecule has 7 atom stereocenters. The number of hydrogen-bond acceptors (Lipinski definition) is 6. The minimum Gasteiger partial charge on any atom is -0.340 e. The largest absolute Gasteiger partial charge is 0.340 e. The predicted molar refractivity (Wildman–Crippen MR) is 224 cm³/mol. The molecule has 3 heterocycles. The lowest BCUT2D eigenvalue weighted by molar-refractivity contribution is -0.138. The number of imidazole rings is 2. The molecule has 1 aliphatic heterocycles. The van der Waals surface area contributed by atoms with Gasteiger partial charge >= 0.3 is 0 Å². The monoisotopic (exact) mass is 800 g/mol. The van der Waals surface area contributed by atoms with E-state index in [9.17, 15) is 9.59 Å². The highest BCUT2D eigenvalue weighted by Crippen LogP contribution is 2.53. The highest BCUT2D eigenvalue weighted by molar-refractivity contribution is 5.84. The summed E-state index contributed by atoms with van der Waals surface area (Å²) >= 11 is 0. The van der Waals surface area contributed by atoms with Gasteiger partial charge in [-0.25, -0.2) is 9.97 Å². The van der Waals surface area contributed by atoms with Gasteiger partial charge in [0.2, 0.25) is 11.8 Å². The lowest BCUT2D eigenvalue weighted by atomic mass is 9.90. The number of hydrogen-bond donors (Lipinski definition) is 4. The van der Waals surface area contributed by atoms with E-state index in [4.69, 9.17) is 22.9 Å². The molecule has 10 nitrogen and oxygen atoms in total. The average Bonchev–Trinajstić information content (AvgIpc) is 3.80. The number of nitrogens with zero attached hydrogens (tertiary/aromatic N) is 4. The lowest BCUT2D eigenvalue weighted by Crippen LogP contribution is -2.50. The molecule has 2 amide bonds. The lowest BCUT2D eigenvalue weighted by Gasteiger charge is -2.36. The van der Waals surface area contributed by atoms with Crippen molar-refractivity contribution in [3.63, 3.8) is 0 Å². The summed E-state index contributed by atoms with van der Waals surface area (Å²) in [6.45, 7) is 10.3. The second kappa shape index (κ2) is 14.3. The fraction of sp³-hybridized carbons (Fsp3) is 0.489. The Morgan fingerprint density at radius 3 is 2.42 bits per heavy atom. The number of nitrogens with two attached hydrogens (primary N) is 2. The number of benzene rings is 2. The third-order valence-corrected chi connectivity index (χ3v) is 13.9. The Kier molecular flexibility index (Phi) is 9.51. The maximum absolute atomic E-state index is 16.6. The number of piperidine rings is 1. The molecule has 12 heteroatoms. The zero-order valence-electron chi connectivity index (χ0n) is 34.4. The first-order valence-corrected chi connectivity index (χ1v) is 21.2. The highest BCUT2D eigenvalue weighted by Gasteiger charge is 2.51. The van der Waals surface area contributed by atoms with Crippen LogP contribution in [-0.2, 0) is 15.5 Å². The number of fused-ring (bicyclic) bond motifs is 6. The van der Waals surface area contributed by atoms with Crippen molar-refractivity contribution >= 4 is 24.0 Å². The molecule has 2 bridgehead atoms. The van der Waals surface area contributed by atoms with Crippen LogP contribution in [0.4, 0.5) is 8.78 Å². The van der Waals surface area contributed by atoms with Crippen molar-refractivity contribution in [1.29, 1.82) is 0 Å². The van der Waals surface area contributed by atoms with E-state index in [1.165, 1.54) is 6.07 Å². The molecule has 2 aromatic heterocycles. The fourth-order valence-electron chi connectivity index (χ4n) is 9.83. The van der Waals surface area contributed by atoms with Crippen LogP contribution >= 0.6 is 0 Å². The van der Waals surface area contributed by atoms with E-state index in [-0.39, 0.29) is 58.2 Å². The Morgan fingerprint density at radius 1 is 1.02 bits per heavy atom. The number of likely N-dealkylation sites (tertiary alicyclic amines) is 1. The van der Waals surface area contributed by atoms with E-state index in [1.54, 1.807) is 23.2 Å². The molecule has 1 unspecified atom stereocenters. The van der Waals surface area contributed by atoms with Gasteiger partial charge in [0.25, 0.3) is 5.92 Å². The minimum atomic E-state index is -3.24. The van der Waals surface area contributed by atoms with E-state index in [1.807, 2.05) is 50.8 Å². The number of alkyl halides is 2. The molecule has 4 aliphatic carbocycles. The average molecular weight is 801 g/mol. The van der Waals surface area contributed by atoms with E-state index in [0.29, 0.717) is 47.1 Å². The number of amides is 2. The summed E-state index contributed by atoms with van der Waals surface area (Å²) in [5.41, 5.74) is 15.4. The van der Waals surface area contributed by atoms with Gasteiger partial charge in [0.15, 0.2) is 6.04 Å². The Hall–Kier alpha value is -5.12. The molecule has 6 N–H and O–H groups in total. The summed E-state index contributed by atoms with van der Waals surface area (Å²) in [4.78, 5) is 47.2. The molecular formula is C47H54F2N8O2. The van der Waals surface area contributed by atoms with Crippen LogP contribution in [0.1, 0.15) is 119 Å². The summed E-state index contributed by atoms with van der Waals surface area (Å²) < 4.78 is 33.1. The number of aromatic amines is 2. The second-order valence-electron chi connectivity index (χ2n) is 18.8. The zero-order valence-corrected chi connectivity index (χ0v) is 34.4. The first kappa shape index (κ1) is 39.3. The topological polar surface area (TPSA) is 150 Å². The van der Waals surface area contributed by atoms with Crippen LogP contribution in [0, 0.1) is 35.5 Å². The highest BCUT2D eigenvalue weighted by atomic mass is 19.3. The van der Waals surface area contributed by atoms with Gasteiger partial charge in [-0.3, -0.25) is 9.59 Å². The second-order valence-corrected chi connectivity index (χ2v) is 18.8. The molecule has 0 spiro atoms. The van der Waals surface area contributed by atoms with Crippen LogP contribution in [0.15, 0.2) is 42.6 Å². The van der Waals surface area contributed by atoms with Crippen molar-refractivity contribution in [3.8, 4) is 34.7 Å². The normalized spacial score (nSPS) is 24.4. The Morgan fingerprint density at radius 2 is 1.73 bits per heavy atom. The summed E-state index contributed by atoms with van der Waals surface area (Å²) in [7, 11) is 0. The van der Waals surface area contributed by atoms with Crippen molar-refractivity contribution in [1.82, 2.24) is 29.7 Å². The quantitative estimate of drug-likeness (QED) is 0.137. The van der Waals surface area contributed by atoms with Crippen LogP contribution in [0.3, 0.4) is 0 Å². The SMILES string of the molecule is C#C[C@@H](c1ncc(-c2ccc3c(c2)C(F)(F)c2cc(C4C=c5[nH]c([C@@H]6[C@H]7CC[C@H](C7)N6C(=O)[C@@H](N)C(C)C)nc5=CC4)ccc2-3)[nH]1)N(CC1(C)CC1)C(=O)[C@@H](N)C(C)C. The summed E-state index contributed by atoms with van der Waals surface area (Å²) in [5, 5.41) is 1.68. The molecule has 59 heavy (non-hydrogen) atoms. The van der Waals surface area contributed by atoms with Gasteiger partial charge in [0.1, 0.15) is 11.6 Å². The smallest absolute Gasteiger partial charge is 0.299 e. The van der Waals surface area contributed by atoms with Crippen LogP contribution in [0.25, 0.3) is 34.5 Å². The molecule has 4 aromatic rings. The molecule has 5 aliphatic rings. The molecule has 2 aromatic carbocycles. The number of nitrogens with one attached hydrogen (secondary N) is 2.